The number of rotatable bonds is 5. The van der Waals surface area contributed by atoms with Crippen LogP contribution >= 0.6 is 11.6 Å². The Bertz CT molecular complexity index is 609. The summed E-state index contributed by atoms with van der Waals surface area (Å²) in [5.41, 5.74) is 1.88. The number of hydrogen-bond acceptors (Lipinski definition) is 5. The molecule has 0 atom stereocenters. The van der Waals surface area contributed by atoms with E-state index in [0.29, 0.717) is 23.9 Å². The minimum atomic E-state index is 0. The molecule has 1 radical (unpaired) electrons. The molecule has 1 aromatic heterocycles. The van der Waals surface area contributed by atoms with Crippen molar-refractivity contribution in [3.63, 3.8) is 0 Å². The van der Waals surface area contributed by atoms with Crippen LogP contribution in [-0.4, -0.2) is 29.2 Å². The molecule has 0 bridgehead atoms. The zero-order valence-corrected chi connectivity index (χ0v) is 16.5. The summed E-state index contributed by atoms with van der Waals surface area (Å²) < 4.78 is 10.8. The molecule has 0 aliphatic carbocycles. The van der Waals surface area contributed by atoms with Crippen LogP contribution in [0.2, 0.25) is 5.28 Å². The summed E-state index contributed by atoms with van der Waals surface area (Å²) in [6, 6.07) is 3.86. The number of methoxy groups -OCH3 is 2. The molecule has 6 nitrogen and oxygen atoms in total. The third kappa shape index (κ3) is 4.76. The molecule has 0 saturated carbocycles. The van der Waals surface area contributed by atoms with Crippen molar-refractivity contribution in [2.45, 2.75) is 20.4 Å². The Kier molecular flexibility index (Phi) is 7.46. The van der Waals surface area contributed by atoms with Crippen LogP contribution in [-0.2, 0) is 39.3 Å². The predicted molar refractivity (Wildman–Crippen MR) is 80.6 cm³/mol. The van der Waals surface area contributed by atoms with E-state index >= 15 is 0 Å². The molecule has 1 heterocycles. The maximum atomic E-state index is 5.80. The van der Waals surface area contributed by atoms with E-state index in [1.165, 1.54) is 0 Å². The van der Waals surface area contributed by atoms with Gasteiger partial charge in [0.25, 0.3) is 0 Å². The average molecular weight is 397 g/mol. The second-order valence-corrected chi connectivity index (χ2v) is 4.75. The number of aryl methyl sites for hydroxylation is 2. The van der Waals surface area contributed by atoms with Crippen LogP contribution in [0.4, 0.5) is 5.95 Å². The van der Waals surface area contributed by atoms with Gasteiger partial charge in [-0.15, -0.1) is 0 Å². The predicted octanol–water partition coefficient (Wildman–Crippen LogP) is 3.36. The van der Waals surface area contributed by atoms with Crippen LogP contribution in [0.25, 0.3) is 5.32 Å². The van der Waals surface area contributed by atoms with E-state index in [2.05, 4.69) is 20.3 Å². The number of nitrogens with zero attached hydrogens (tertiary/aromatic N) is 4. The van der Waals surface area contributed by atoms with Gasteiger partial charge in [0.2, 0.25) is 0 Å². The molecule has 0 saturated heterocycles. The molecular formula is C14H16ClN4O2Y-. The molecule has 22 heavy (non-hydrogen) atoms. The molecule has 0 fully saturated rings. The van der Waals surface area contributed by atoms with E-state index in [1.54, 1.807) is 21.1 Å². The Balaban J connectivity index is 0.00000242. The average Bonchev–Trinajstić information content (AvgIpc) is 2.43. The summed E-state index contributed by atoms with van der Waals surface area (Å²) in [6.45, 7) is 4.03. The van der Waals surface area contributed by atoms with E-state index in [-0.39, 0.29) is 43.9 Å². The Morgan fingerprint density at radius 2 is 1.64 bits per heavy atom. The van der Waals surface area contributed by atoms with Crippen molar-refractivity contribution >= 4 is 17.5 Å². The van der Waals surface area contributed by atoms with Crippen molar-refractivity contribution in [3.8, 4) is 11.5 Å². The van der Waals surface area contributed by atoms with Crippen molar-refractivity contribution in [3.05, 3.63) is 39.7 Å². The van der Waals surface area contributed by atoms with Gasteiger partial charge < -0.3 is 24.8 Å². The summed E-state index contributed by atoms with van der Waals surface area (Å²) >= 11 is 5.80. The van der Waals surface area contributed by atoms with E-state index in [1.807, 2.05) is 19.1 Å². The molecule has 1 aromatic carbocycles. The van der Waals surface area contributed by atoms with E-state index in [4.69, 9.17) is 21.1 Å². The molecule has 0 spiro atoms. The third-order valence-electron chi connectivity index (χ3n) is 2.84. The minimum absolute atomic E-state index is 0. The molecule has 0 aliphatic rings. The molecule has 0 unspecified atom stereocenters. The van der Waals surface area contributed by atoms with Gasteiger partial charge in [-0.2, -0.15) is 0 Å². The fraction of sp³-hybridized carbons (Fsp3) is 0.357. The van der Waals surface area contributed by atoms with Crippen LogP contribution in [0.1, 0.15) is 17.0 Å². The number of halogens is 1. The van der Waals surface area contributed by atoms with Gasteiger partial charge in [-0.1, -0.05) is 11.6 Å². The van der Waals surface area contributed by atoms with Gasteiger partial charge in [-0.25, -0.2) is 4.98 Å². The SMILES string of the molecule is COc1cc(C)cc(OC)c1C[N-]c1nc(C)nc(Cl)n1.[Y]. The third-order valence-corrected chi connectivity index (χ3v) is 3.01. The number of benzene rings is 1. The fourth-order valence-corrected chi connectivity index (χ4v) is 2.13. The first kappa shape index (κ1) is 19.1. The van der Waals surface area contributed by atoms with Crippen molar-refractivity contribution < 1.29 is 42.2 Å². The summed E-state index contributed by atoms with van der Waals surface area (Å²) in [7, 11) is 3.23. The summed E-state index contributed by atoms with van der Waals surface area (Å²) in [5, 5.41) is 4.47. The van der Waals surface area contributed by atoms with Crippen molar-refractivity contribution in [2.24, 2.45) is 0 Å². The van der Waals surface area contributed by atoms with Crippen LogP contribution in [0.3, 0.4) is 0 Å². The molecule has 2 aromatic rings. The van der Waals surface area contributed by atoms with E-state index in [0.717, 1.165) is 11.1 Å². The van der Waals surface area contributed by atoms with E-state index in [9.17, 15) is 0 Å². The van der Waals surface area contributed by atoms with Crippen molar-refractivity contribution in [1.29, 1.82) is 0 Å². The normalized spacial score (nSPS) is 9.86. The molecule has 2 rings (SSSR count). The summed E-state index contributed by atoms with van der Waals surface area (Å²) in [5.74, 6) is 2.24. The van der Waals surface area contributed by atoms with Gasteiger partial charge in [0.15, 0.2) is 5.28 Å². The topological polar surface area (TPSA) is 71.2 Å². The van der Waals surface area contributed by atoms with Gasteiger partial charge in [-0.3, -0.25) is 0 Å². The second kappa shape index (κ2) is 8.60. The monoisotopic (exact) mass is 396 g/mol. The van der Waals surface area contributed by atoms with Crippen molar-refractivity contribution in [1.82, 2.24) is 15.0 Å². The number of ether oxygens (including phenoxy) is 2. The van der Waals surface area contributed by atoms with Crippen LogP contribution in [0, 0.1) is 13.8 Å². The molecular weight excluding hydrogens is 381 g/mol. The molecule has 0 amide bonds. The number of aromatic nitrogens is 3. The van der Waals surface area contributed by atoms with Crippen molar-refractivity contribution in [2.75, 3.05) is 14.2 Å². The maximum Gasteiger partial charge on any atom is 0.152 e. The first-order chi connectivity index (χ1) is 10.0. The van der Waals surface area contributed by atoms with Gasteiger partial charge in [0.1, 0.15) is 11.5 Å². The van der Waals surface area contributed by atoms with Gasteiger partial charge in [0.05, 0.1) is 20.0 Å². The Morgan fingerprint density at radius 3 is 2.14 bits per heavy atom. The summed E-state index contributed by atoms with van der Waals surface area (Å²) in [6.07, 6.45) is 0. The molecule has 0 N–H and O–H groups in total. The zero-order chi connectivity index (χ0) is 15.4. The van der Waals surface area contributed by atoms with Gasteiger partial charge >= 0.3 is 0 Å². The van der Waals surface area contributed by atoms with Crippen LogP contribution in [0.5, 0.6) is 11.5 Å². The van der Waals surface area contributed by atoms with E-state index < -0.39 is 0 Å². The van der Waals surface area contributed by atoms with Gasteiger partial charge in [0, 0.05) is 50.8 Å². The quantitative estimate of drug-likeness (QED) is 0.775. The maximum absolute atomic E-state index is 5.80. The Labute approximate surface area is 159 Å². The molecule has 0 aliphatic heterocycles. The standard InChI is InChI=1S/C14H16ClN4O2.Y/c1-8-5-11(20-3)10(12(6-8)21-4)7-16-14-18-9(2)17-13(15)19-14;/h5-6H,7H2,1-4H3;/q-1;. The van der Waals surface area contributed by atoms with Crippen LogP contribution in [0.15, 0.2) is 12.1 Å². The smallest absolute Gasteiger partial charge is 0.152 e. The Hall–Kier alpha value is -0.976. The fourth-order valence-electron chi connectivity index (χ4n) is 1.93. The molecule has 8 heteroatoms. The first-order valence-corrected chi connectivity index (χ1v) is 6.68. The minimum Gasteiger partial charge on any atom is -0.496 e. The van der Waals surface area contributed by atoms with Gasteiger partial charge in [-0.05, 0) is 31.5 Å². The van der Waals surface area contributed by atoms with Crippen LogP contribution < -0.4 is 9.47 Å². The second-order valence-electron chi connectivity index (χ2n) is 4.42. The number of hydrogen-bond donors (Lipinski definition) is 0. The first-order valence-electron chi connectivity index (χ1n) is 6.30. The largest absolute Gasteiger partial charge is 0.496 e. The molecule has 115 valence electrons. The Morgan fingerprint density at radius 1 is 1.05 bits per heavy atom. The summed E-state index contributed by atoms with van der Waals surface area (Å²) in [4.78, 5) is 12.0. The zero-order valence-electron chi connectivity index (χ0n) is 12.9.